The van der Waals surface area contributed by atoms with Crippen molar-refractivity contribution in [3.05, 3.63) is 35.6 Å². The summed E-state index contributed by atoms with van der Waals surface area (Å²) < 4.78 is 38.3. The van der Waals surface area contributed by atoms with Crippen LogP contribution in [0.3, 0.4) is 0 Å². The molecule has 3 heteroatoms. The number of benzene rings is 1. The van der Waals surface area contributed by atoms with Gasteiger partial charge in [-0.3, -0.25) is 0 Å². The highest BCUT2D eigenvalue weighted by atomic mass is 19.3. The zero-order chi connectivity index (χ0) is 9.47. The predicted molar refractivity (Wildman–Crippen MR) is 43.3 cm³/mol. The maximum atomic E-state index is 12.9. The normalized spacial score (nSPS) is 25.3. The monoisotopic (exact) mass is 186 g/mol. The molecular weight excluding hydrogens is 177 g/mol. The Hall–Kier alpha value is -0.990. The molecule has 0 N–H and O–H groups in total. The molecule has 1 aromatic carbocycles. The quantitative estimate of drug-likeness (QED) is 0.631. The van der Waals surface area contributed by atoms with Gasteiger partial charge in [0.2, 0.25) is 0 Å². The summed E-state index contributed by atoms with van der Waals surface area (Å²) in [6.45, 7) is 0. The fraction of sp³-hybridized carbons (Fsp3) is 0.400. The molecule has 0 bridgehead atoms. The molecule has 1 unspecified atom stereocenters. The van der Waals surface area contributed by atoms with Crippen LogP contribution < -0.4 is 0 Å². The fourth-order valence-electron chi connectivity index (χ4n) is 1.61. The second-order valence-corrected chi connectivity index (χ2v) is 3.40. The van der Waals surface area contributed by atoms with Crippen LogP contribution in [0, 0.1) is 5.82 Å². The van der Waals surface area contributed by atoms with Crippen LogP contribution in [0.25, 0.3) is 0 Å². The van der Waals surface area contributed by atoms with Crippen LogP contribution in [0.15, 0.2) is 24.3 Å². The SMILES string of the molecule is Fc1ccc(C2CCC2(F)F)cc1. The lowest BCUT2D eigenvalue weighted by Crippen LogP contribution is -2.36. The minimum atomic E-state index is -2.59. The molecule has 2 rings (SSSR count). The third kappa shape index (κ3) is 1.43. The maximum absolute atomic E-state index is 12.9. The molecular formula is C10H9F3. The van der Waals surface area contributed by atoms with Gasteiger partial charge in [-0.05, 0) is 24.1 Å². The van der Waals surface area contributed by atoms with Crippen LogP contribution in [-0.4, -0.2) is 5.92 Å². The molecule has 13 heavy (non-hydrogen) atoms. The number of rotatable bonds is 1. The average Bonchev–Trinajstić information content (AvgIpc) is 2.07. The molecule has 0 spiro atoms. The molecule has 1 fully saturated rings. The van der Waals surface area contributed by atoms with E-state index in [4.69, 9.17) is 0 Å². The van der Waals surface area contributed by atoms with Crippen molar-refractivity contribution in [1.29, 1.82) is 0 Å². The molecule has 1 aliphatic rings. The number of hydrogen-bond donors (Lipinski definition) is 0. The van der Waals surface area contributed by atoms with E-state index in [2.05, 4.69) is 0 Å². The van der Waals surface area contributed by atoms with Crippen LogP contribution in [0.1, 0.15) is 24.3 Å². The minimum absolute atomic E-state index is 0.0466. The van der Waals surface area contributed by atoms with Crippen molar-refractivity contribution in [2.45, 2.75) is 24.7 Å². The topological polar surface area (TPSA) is 0 Å². The summed E-state index contributed by atoms with van der Waals surface area (Å²) in [6, 6.07) is 5.33. The van der Waals surface area contributed by atoms with Crippen LogP contribution in [0.5, 0.6) is 0 Å². The van der Waals surface area contributed by atoms with Gasteiger partial charge in [-0.15, -0.1) is 0 Å². The molecule has 1 saturated carbocycles. The van der Waals surface area contributed by atoms with Gasteiger partial charge in [-0.1, -0.05) is 12.1 Å². The van der Waals surface area contributed by atoms with E-state index >= 15 is 0 Å². The smallest absolute Gasteiger partial charge is 0.207 e. The highest BCUT2D eigenvalue weighted by Crippen LogP contribution is 2.49. The Kier molecular flexibility index (Phi) is 1.82. The minimum Gasteiger partial charge on any atom is -0.207 e. The zero-order valence-corrected chi connectivity index (χ0v) is 6.93. The predicted octanol–water partition coefficient (Wildman–Crippen LogP) is 3.34. The van der Waals surface area contributed by atoms with Crippen LogP contribution in [0.4, 0.5) is 13.2 Å². The highest BCUT2D eigenvalue weighted by Gasteiger charge is 2.48. The first-order chi connectivity index (χ1) is 6.09. The van der Waals surface area contributed by atoms with Gasteiger partial charge in [-0.2, -0.15) is 0 Å². The molecule has 0 nitrogen and oxygen atoms in total. The molecule has 0 saturated heterocycles. The van der Waals surface area contributed by atoms with Crippen LogP contribution in [-0.2, 0) is 0 Å². The summed E-state index contributed by atoms with van der Waals surface area (Å²) in [4.78, 5) is 0. The van der Waals surface area contributed by atoms with Crippen LogP contribution in [0.2, 0.25) is 0 Å². The first kappa shape index (κ1) is 8.60. The lowest BCUT2D eigenvalue weighted by molar-refractivity contribution is -0.0962. The molecule has 0 radical (unpaired) electrons. The van der Waals surface area contributed by atoms with E-state index in [1.807, 2.05) is 0 Å². The zero-order valence-electron chi connectivity index (χ0n) is 6.93. The third-order valence-electron chi connectivity index (χ3n) is 2.55. The number of hydrogen-bond acceptors (Lipinski definition) is 0. The number of alkyl halides is 2. The van der Waals surface area contributed by atoms with Gasteiger partial charge >= 0.3 is 0 Å². The molecule has 1 aliphatic carbocycles. The van der Waals surface area contributed by atoms with E-state index in [0.717, 1.165) is 0 Å². The average molecular weight is 186 g/mol. The molecule has 70 valence electrons. The van der Waals surface area contributed by atoms with Crippen LogP contribution >= 0.6 is 0 Å². The molecule has 1 aromatic rings. The maximum Gasteiger partial charge on any atom is 0.254 e. The second kappa shape index (κ2) is 2.76. The largest absolute Gasteiger partial charge is 0.254 e. The Bertz CT molecular complexity index is 302. The van der Waals surface area contributed by atoms with Crippen molar-refractivity contribution in [2.75, 3.05) is 0 Å². The summed E-state index contributed by atoms with van der Waals surface area (Å²) in [5.41, 5.74) is 0.539. The van der Waals surface area contributed by atoms with E-state index < -0.39 is 11.8 Å². The van der Waals surface area contributed by atoms with E-state index in [1.165, 1.54) is 24.3 Å². The molecule has 0 heterocycles. The summed E-state index contributed by atoms with van der Waals surface area (Å²) in [6.07, 6.45) is 0.452. The summed E-state index contributed by atoms with van der Waals surface area (Å²) in [5.74, 6) is -3.67. The van der Waals surface area contributed by atoms with Crippen molar-refractivity contribution in [3.63, 3.8) is 0 Å². The van der Waals surface area contributed by atoms with E-state index in [0.29, 0.717) is 12.0 Å². The van der Waals surface area contributed by atoms with E-state index in [1.54, 1.807) is 0 Å². The Morgan fingerprint density at radius 3 is 2.15 bits per heavy atom. The van der Waals surface area contributed by atoms with Crippen molar-refractivity contribution in [2.24, 2.45) is 0 Å². The summed E-state index contributed by atoms with van der Waals surface area (Å²) in [7, 11) is 0. The lowest BCUT2D eigenvalue weighted by atomic mass is 9.76. The van der Waals surface area contributed by atoms with E-state index in [9.17, 15) is 13.2 Å². The Morgan fingerprint density at radius 1 is 1.15 bits per heavy atom. The fourth-order valence-corrected chi connectivity index (χ4v) is 1.61. The van der Waals surface area contributed by atoms with Gasteiger partial charge in [0.25, 0.3) is 5.92 Å². The van der Waals surface area contributed by atoms with Gasteiger partial charge < -0.3 is 0 Å². The lowest BCUT2D eigenvalue weighted by Gasteiger charge is -2.36. The Morgan fingerprint density at radius 2 is 1.77 bits per heavy atom. The van der Waals surface area contributed by atoms with Crippen molar-refractivity contribution in [3.8, 4) is 0 Å². The third-order valence-corrected chi connectivity index (χ3v) is 2.55. The van der Waals surface area contributed by atoms with E-state index in [-0.39, 0.29) is 12.2 Å². The Labute approximate surface area is 74.4 Å². The molecule has 0 amide bonds. The van der Waals surface area contributed by atoms with Gasteiger partial charge in [0.1, 0.15) is 5.82 Å². The van der Waals surface area contributed by atoms with Gasteiger partial charge in [0.05, 0.1) is 0 Å². The first-order valence-electron chi connectivity index (χ1n) is 4.23. The van der Waals surface area contributed by atoms with Crippen molar-refractivity contribution >= 4 is 0 Å². The highest BCUT2D eigenvalue weighted by molar-refractivity contribution is 5.25. The first-order valence-corrected chi connectivity index (χ1v) is 4.23. The summed E-state index contributed by atoms with van der Waals surface area (Å²) >= 11 is 0. The van der Waals surface area contributed by atoms with Gasteiger partial charge in [-0.25, -0.2) is 13.2 Å². The van der Waals surface area contributed by atoms with Gasteiger partial charge in [0.15, 0.2) is 0 Å². The van der Waals surface area contributed by atoms with Crippen molar-refractivity contribution < 1.29 is 13.2 Å². The molecule has 0 aromatic heterocycles. The second-order valence-electron chi connectivity index (χ2n) is 3.40. The molecule has 1 atom stereocenters. The van der Waals surface area contributed by atoms with Crippen molar-refractivity contribution in [1.82, 2.24) is 0 Å². The van der Waals surface area contributed by atoms with Gasteiger partial charge in [0, 0.05) is 12.3 Å². The molecule has 0 aliphatic heterocycles. The summed E-state index contributed by atoms with van der Waals surface area (Å²) in [5, 5.41) is 0. The Balaban J connectivity index is 2.22. The number of halogens is 3. The standard InChI is InChI=1S/C10H9F3/c11-8-3-1-7(2-4-8)9-5-6-10(9,12)13/h1-4,9H,5-6H2.